The zero-order valence-electron chi connectivity index (χ0n) is 10.1. The highest BCUT2D eigenvalue weighted by Gasteiger charge is 2.24. The monoisotopic (exact) mass is 255 g/mol. The first kappa shape index (κ1) is 12.4. The van der Waals surface area contributed by atoms with Crippen molar-refractivity contribution in [3.05, 3.63) is 22.7 Å². The average Bonchev–Trinajstić information content (AvgIpc) is 2.80. The largest absolute Gasteiger partial charge is 0.352 e. The number of aromatic nitrogens is 2. The Morgan fingerprint density at radius 1 is 1.59 bits per heavy atom. The Labute approximate surface area is 106 Å². The topological polar surface area (TPSA) is 38.1 Å². The Morgan fingerprint density at radius 2 is 2.41 bits per heavy atom. The van der Waals surface area contributed by atoms with Crippen molar-refractivity contribution in [1.82, 2.24) is 9.55 Å². The van der Waals surface area contributed by atoms with E-state index >= 15 is 0 Å². The van der Waals surface area contributed by atoms with Crippen LogP contribution in [0.15, 0.2) is 17.2 Å². The highest BCUT2D eigenvalue weighted by molar-refractivity contribution is 6.18. The number of aryl methyl sites for hydroxylation is 1. The third-order valence-electron chi connectivity index (χ3n) is 3.16. The maximum Gasteiger partial charge on any atom is 0.293 e. The SMILES string of the molecule is CCCn1ccnc(N2CCC(CCl)C2)c1=O. The van der Waals surface area contributed by atoms with Gasteiger partial charge in [-0.3, -0.25) is 4.79 Å². The van der Waals surface area contributed by atoms with Gasteiger partial charge in [-0.2, -0.15) is 0 Å². The lowest BCUT2D eigenvalue weighted by Crippen LogP contribution is -2.32. The Kier molecular flexibility index (Phi) is 4.05. The molecule has 0 aliphatic carbocycles. The number of nitrogens with zero attached hydrogens (tertiary/aromatic N) is 3. The van der Waals surface area contributed by atoms with Gasteiger partial charge in [-0.1, -0.05) is 6.92 Å². The molecule has 0 radical (unpaired) electrons. The molecule has 2 rings (SSSR count). The third-order valence-corrected chi connectivity index (χ3v) is 3.60. The van der Waals surface area contributed by atoms with Crippen molar-refractivity contribution < 1.29 is 0 Å². The Hall–Kier alpha value is -1.03. The summed E-state index contributed by atoms with van der Waals surface area (Å²) >= 11 is 5.85. The fraction of sp³-hybridized carbons (Fsp3) is 0.667. The lowest BCUT2D eigenvalue weighted by molar-refractivity contribution is 0.641. The zero-order valence-corrected chi connectivity index (χ0v) is 10.9. The molecule has 1 aromatic rings. The molecule has 1 unspecified atom stereocenters. The quantitative estimate of drug-likeness (QED) is 0.769. The lowest BCUT2D eigenvalue weighted by Gasteiger charge is -2.17. The average molecular weight is 256 g/mol. The molecular formula is C12H18ClN3O. The summed E-state index contributed by atoms with van der Waals surface area (Å²) in [4.78, 5) is 18.4. The second-order valence-electron chi connectivity index (χ2n) is 4.50. The van der Waals surface area contributed by atoms with Crippen molar-refractivity contribution in [3.63, 3.8) is 0 Å². The van der Waals surface area contributed by atoms with Crippen molar-refractivity contribution >= 4 is 17.4 Å². The summed E-state index contributed by atoms with van der Waals surface area (Å²) in [5.41, 5.74) is 0.0181. The molecule has 5 heteroatoms. The summed E-state index contributed by atoms with van der Waals surface area (Å²) in [7, 11) is 0. The molecule has 2 heterocycles. The number of halogens is 1. The standard InChI is InChI=1S/C12H18ClN3O/c1-2-5-15-7-4-14-11(12(15)17)16-6-3-10(8-13)9-16/h4,7,10H,2-3,5-6,8-9H2,1H3. The van der Waals surface area contributed by atoms with E-state index in [9.17, 15) is 4.79 Å². The maximum atomic E-state index is 12.2. The molecule has 1 atom stereocenters. The number of rotatable bonds is 4. The minimum atomic E-state index is 0.0181. The molecule has 1 aliphatic rings. The molecule has 17 heavy (non-hydrogen) atoms. The number of hydrogen-bond acceptors (Lipinski definition) is 3. The van der Waals surface area contributed by atoms with E-state index in [4.69, 9.17) is 11.6 Å². The van der Waals surface area contributed by atoms with Gasteiger partial charge in [0.25, 0.3) is 5.56 Å². The van der Waals surface area contributed by atoms with Gasteiger partial charge in [0.05, 0.1) is 0 Å². The summed E-state index contributed by atoms with van der Waals surface area (Å²) in [6, 6.07) is 0. The maximum absolute atomic E-state index is 12.2. The second-order valence-corrected chi connectivity index (χ2v) is 4.81. The summed E-state index contributed by atoms with van der Waals surface area (Å²) in [5, 5.41) is 0. The molecule has 0 amide bonds. The van der Waals surface area contributed by atoms with E-state index in [1.807, 2.05) is 0 Å². The minimum absolute atomic E-state index is 0.0181. The van der Waals surface area contributed by atoms with Crippen molar-refractivity contribution in [2.24, 2.45) is 5.92 Å². The van der Waals surface area contributed by atoms with Gasteiger partial charge in [-0.25, -0.2) is 4.98 Å². The smallest absolute Gasteiger partial charge is 0.293 e. The van der Waals surface area contributed by atoms with Gasteiger partial charge in [-0.05, 0) is 18.8 Å². The van der Waals surface area contributed by atoms with E-state index < -0.39 is 0 Å². The molecule has 1 aliphatic heterocycles. The zero-order chi connectivity index (χ0) is 12.3. The van der Waals surface area contributed by atoms with Gasteiger partial charge < -0.3 is 9.47 Å². The highest BCUT2D eigenvalue weighted by Crippen LogP contribution is 2.20. The van der Waals surface area contributed by atoms with Crippen LogP contribution in [-0.2, 0) is 6.54 Å². The summed E-state index contributed by atoms with van der Waals surface area (Å²) in [6.45, 7) is 4.55. The van der Waals surface area contributed by atoms with E-state index in [0.29, 0.717) is 17.6 Å². The molecule has 94 valence electrons. The fourth-order valence-corrected chi connectivity index (χ4v) is 2.47. The number of anilines is 1. The first-order valence-corrected chi connectivity index (χ1v) is 6.66. The van der Waals surface area contributed by atoms with Crippen LogP contribution in [0.3, 0.4) is 0 Å². The number of hydrogen-bond donors (Lipinski definition) is 0. The summed E-state index contributed by atoms with van der Waals surface area (Å²) in [6.07, 6.45) is 5.46. The van der Waals surface area contributed by atoms with Crippen LogP contribution in [0.4, 0.5) is 5.82 Å². The molecule has 1 saturated heterocycles. The highest BCUT2D eigenvalue weighted by atomic mass is 35.5. The Morgan fingerprint density at radius 3 is 3.06 bits per heavy atom. The predicted molar refractivity (Wildman–Crippen MR) is 69.8 cm³/mol. The Bertz CT molecular complexity index is 432. The minimum Gasteiger partial charge on any atom is -0.352 e. The summed E-state index contributed by atoms with van der Waals surface area (Å²) < 4.78 is 1.73. The van der Waals surface area contributed by atoms with Crippen LogP contribution in [0.2, 0.25) is 0 Å². The van der Waals surface area contributed by atoms with Gasteiger partial charge in [0.2, 0.25) is 0 Å². The molecule has 1 fully saturated rings. The molecule has 0 aromatic carbocycles. The molecule has 1 aromatic heterocycles. The number of alkyl halides is 1. The van der Waals surface area contributed by atoms with Crippen LogP contribution in [0.1, 0.15) is 19.8 Å². The third kappa shape index (κ3) is 2.63. The molecule has 0 saturated carbocycles. The van der Waals surface area contributed by atoms with E-state index in [1.54, 1.807) is 17.0 Å². The van der Waals surface area contributed by atoms with Crippen LogP contribution in [0.5, 0.6) is 0 Å². The van der Waals surface area contributed by atoms with Gasteiger partial charge in [-0.15, -0.1) is 11.6 Å². The van der Waals surface area contributed by atoms with E-state index in [1.165, 1.54) is 0 Å². The lowest BCUT2D eigenvalue weighted by atomic mass is 10.2. The van der Waals surface area contributed by atoms with Crippen LogP contribution >= 0.6 is 11.6 Å². The van der Waals surface area contributed by atoms with Crippen LogP contribution in [-0.4, -0.2) is 28.5 Å². The van der Waals surface area contributed by atoms with Crippen molar-refractivity contribution in [2.75, 3.05) is 23.9 Å². The van der Waals surface area contributed by atoms with Gasteiger partial charge in [0.1, 0.15) is 0 Å². The first-order valence-electron chi connectivity index (χ1n) is 6.12. The molecule has 0 N–H and O–H groups in total. The Balaban J connectivity index is 2.22. The molecular weight excluding hydrogens is 238 g/mol. The van der Waals surface area contributed by atoms with E-state index in [2.05, 4.69) is 16.8 Å². The molecule has 0 spiro atoms. The van der Waals surface area contributed by atoms with Gasteiger partial charge >= 0.3 is 0 Å². The fourth-order valence-electron chi connectivity index (χ4n) is 2.22. The van der Waals surface area contributed by atoms with Gasteiger partial charge in [0, 0.05) is 37.9 Å². The van der Waals surface area contributed by atoms with Crippen molar-refractivity contribution in [2.45, 2.75) is 26.3 Å². The van der Waals surface area contributed by atoms with E-state index in [-0.39, 0.29) is 5.56 Å². The van der Waals surface area contributed by atoms with Gasteiger partial charge in [0.15, 0.2) is 5.82 Å². The van der Waals surface area contributed by atoms with Crippen LogP contribution in [0, 0.1) is 5.92 Å². The summed E-state index contributed by atoms with van der Waals surface area (Å²) in [5.74, 6) is 1.72. The van der Waals surface area contributed by atoms with Crippen molar-refractivity contribution in [3.8, 4) is 0 Å². The van der Waals surface area contributed by atoms with Crippen LogP contribution in [0.25, 0.3) is 0 Å². The normalized spacial score (nSPS) is 19.9. The molecule has 0 bridgehead atoms. The predicted octanol–water partition coefficient (Wildman–Crippen LogP) is 1.72. The first-order chi connectivity index (χ1) is 8.26. The van der Waals surface area contributed by atoms with E-state index in [0.717, 1.165) is 32.5 Å². The van der Waals surface area contributed by atoms with Crippen molar-refractivity contribution in [1.29, 1.82) is 0 Å². The molecule has 4 nitrogen and oxygen atoms in total. The van der Waals surface area contributed by atoms with Crippen LogP contribution < -0.4 is 10.5 Å². The second kappa shape index (κ2) is 5.54.